The lowest BCUT2D eigenvalue weighted by molar-refractivity contribution is 0.169. The lowest BCUT2D eigenvalue weighted by atomic mass is 9.95. The summed E-state index contributed by atoms with van der Waals surface area (Å²) in [6.07, 6.45) is 6.49. The van der Waals surface area contributed by atoms with E-state index in [1.165, 1.54) is 37.3 Å². The molecule has 1 aliphatic heterocycles. The molecule has 2 N–H and O–H groups in total. The van der Waals surface area contributed by atoms with E-state index in [0.717, 1.165) is 5.52 Å². The normalized spacial score (nSPS) is 18.2. The van der Waals surface area contributed by atoms with E-state index in [4.69, 9.17) is 5.73 Å². The Hall–Kier alpha value is -1.39. The van der Waals surface area contributed by atoms with E-state index in [1.807, 2.05) is 6.20 Å². The van der Waals surface area contributed by atoms with Gasteiger partial charge in [-0.2, -0.15) is 0 Å². The van der Waals surface area contributed by atoms with Crippen LogP contribution in [-0.4, -0.2) is 33.4 Å². The minimum absolute atomic E-state index is 0.570. The van der Waals surface area contributed by atoms with Crippen LogP contribution in [0.5, 0.6) is 0 Å². The summed E-state index contributed by atoms with van der Waals surface area (Å²) in [5.74, 6) is 1.78. The van der Waals surface area contributed by atoms with Crippen LogP contribution in [0.4, 0.5) is 0 Å². The van der Waals surface area contributed by atoms with Crippen molar-refractivity contribution >= 4 is 5.52 Å². The topological polar surface area (TPSA) is 46.6 Å². The Morgan fingerprint density at radius 1 is 1.35 bits per heavy atom. The smallest absolute Gasteiger partial charge is 0.116 e. The van der Waals surface area contributed by atoms with Crippen LogP contribution in [0.1, 0.15) is 44.0 Å². The summed E-state index contributed by atoms with van der Waals surface area (Å²) >= 11 is 0. The van der Waals surface area contributed by atoms with Gasteiger partial charge >= 0.3 is 0 Å². The second kappa shape index (κ2) is 5.54. The van der Waals surface area contributed by atoms with Crippen LogP contribution in [0, 0.1) is 0 Å². The number of nitrogens with zero attached hydrogens (tertiary/aromatic N) is 3. The van der Waals surface area contributed by atoms with E-state index < -0.39 is 0 Å². The second-order valence-corrected chi connectivity index (χ2v) is 6.01. The highest BCUT2D eigenvalue weighted by molar-refractivity contribution is 5.54. The Bertz CT molecular complexity index is 579. The lowest BCUT2D eigenvalue weighted by Crippen LogP contribution is -2.38. The molecule has 20 heavy (non-hydrogen) atoms. The minimum Gasteiger partial charge on any atom is -0.326 e. The molecule has 0 spiro atoms. The van der Waals surface area contributed by atoms with Gasteiger partial charge in [-0.05, 0) is 51.4 Å². The van der Waals surface area contributed by atoms with Crippen LogP contribution in [0.3, 0.4) is 0 Å². The first-order chi connectivity index (χ1) is 9.70. The Morgan fingerprint density at radius 2 is 2.10 bits per heavy atom. The first kappa shape index (κ1) is 13.6. The van der Waals surface area contributed by atoms with Crippen molar-refractivity contribution in [1.82, 2.24) is 14.3 Å². The first-order valence-electron chi connectivity index (χ1n) is 7.59. The van der Waals surface area contributed by atoms with E-state index in [1.54, 1.807) is 0 Å². The zero-order chi connectivity index (χ0) is 14.1. The molecule has 1 saturated heterocycles. The van der Waals surface area contributed by atoms with Gasteiger partial charge in [0.05, 0.1) is 11.7 Å². The van der Waals surface area contributed by atoms with Gasteiger partial charge in [0.25, 0.3) is 0 Å². The molecule has 3 heterocycles. The molecule has 4 nitrogen and oxygen atoms in total. The number of rotatable bonds is 3. The van der Waals surface area contributed by atoms with E-state index in [2.05, 4.69) is 46.5 Å². The van der Waals surface area contributed by atoms with Gasteiger partial charge < -0.3 is 15.0 Å². The third-order valence-corrected chi connectivity index (χ3v) is 4.53. The van der Waals surface area contributed by atoms with Crippen molar-refractivity contribution < 1.29 is 0 Å². The minimum atomic E-state index is 0.570. The Balaban J connectivity index is 1.85. The largest absolute Gasteiger partial charge is 0.326 e. The molecule has 1 fully saturated rings. The molecule has 0 saturated carbocycles. The molecule has 2 aromatic rings. The van der Waals surface area contributed by atoms with Crippen molar-refractivity contribution in [2.45, 2.75) is 45.2 Å². The number of fused-ring (bicyclic) bond motifs is 1. The standard InChI is InChI=1S/C16H24N4/c1-12(2)19-8-5-13(6-9-19)16-18-11-15-14(10-17)4-3-7-20(15)16/h3-4,7,11-13H,5-6,8-10,17H2,1-2H3. The van der Waals surface area contributed by atoms with Crippen molar-refractivity contribution in [3.8, 4) is 0 Å². The molecule has 0 amide bonds. The predicted octanol–water partition coefficient (Wildman–Crippen LogP) is 2.38. The van der Waals surface area contributed by atoms with Gasteiger partial charge in [0, 0.05) is 24.7 Å². The van der Waals surface area contributed by atoms with Crippen molar-refractivity contribution in [2.75, 3.05) is 13.1 Å². The molecule has 0 bridgehead atoms. The van der Waals surface area contributed by atoms with E-state index in [0.29, 0.717) is 18.5 Å². The number of piperidine rings is 1. The maximum Gasteiger partial charge on any atom is 0.116 e. The van der Waals surface area contributed by atoms with Gasteiger partial charge in [-0.15, -0.1) is 0 Å². The van der Waals surface area contributed by atoms with Crippen molar-refractivity contribution in [3.05, 3.63) is 35.9 Å². The summed E-state index contributed by atoms with van der Waals surface area (Å²) in [5.41, 5.74) is 8.14. The van der Waals surface area contributed by atoms with Gasteiger partial charge in [0.1, 0.15) is 5.82 Å². The number of likely N-dealkylation sites (tertiary alicyclic amines) is 1. The van der Waals surface area contributed by atoms with Gasteiger partial charge in [0.2, 0.25) is 0 Å². The molecular weight excluding hydrogens is 248 g/mol. The SMILES string of the molecule is CC(C)N1CCC(c2ncc3c(CN)cccn23)CC1. The highest BCUT2D eigenvalue weighted by Gasteiger charge is 2.25. The molecule has 108 valence electrons. The van der Waals surface area contributed by atoms with Crippen LogP contribution in [0.15, 0.2) is 24.5 Å². The van der Waals surface area contributed by atoms with Gasteiger partial charge in [-0.25, -0.2) is 4.98 Å². The molecule has 0 unspecified atom stereocenters. The molecule has 4 heteroatoms. The fourth-order valence-electron chi connectivity index (χ4n) is 3.25. The fraction of sp³-hybridized carbons (Fsp3) is 0.562. The van der Waals surface area contributed by atoms with E-state index in [9.17, 15) is 0 Å². The average molecular weight is 272 g/mol. The Kier molecular flexibility index (Phi) is 3.76. The quantitative estimate of drug-likeness (QED) is 0.933. The number of aromatic nitrogens is 2. The van der Waals surface area contributed by atoms with Crippen LogP contribution in [0.25, 0.3) is 5.52 Å². The first-order valence-corrected chi connectivity index (χ1v) is 7.59. The number of pyridine rings is 1. The highest BCUT2D eigenvalue weighted by atomic mass is 15.2. The van der Waals surface area contributed by atoms with Crippen molar-refractivity contribution in [3.63, 3.8) is 0 Å². The summed E-state index contributed by atoms with van der Waals surface area (Å²) in [5, 5.41) is 0. The predicted molar refractivity (Wildman–Crippen MR) is 81.8 cm³/mol. The maximum absolute atomic E-state index is 5.81. The summed E-state index contributed by atoms with van der Waals surface area (Å²) in [6, 6.07) is 4.81. The van der Waals surface area contributed by atoms with Crippen LogP contribution >= 0.6 is 0 Å². The Morgan fingerprint density at radius 3 is 2.75 bits per heavy atom. The van der Waals surface area contributed by atoms with Crippen LogP contribution < -0.4 is 5.73 Å². The van der Waals surface area contributed by atoms with E-state index in [-0.39, 0.29) is 0 Å². The lowest BCUT2D eigenvalue weighted by Gasteiger charge is -2.34. The number of imidazole rings is 1. The Labute approximate surface area is 120 Å². The molecule has 0 aliphatic carbocycles. The summed E-state index contributed by atoms with van der Waals surface area (Å²) in [6.45, 7) is 7.47. The van der Waals surface area contributed by atoms with Gasteiger partial charge in [0.15, 0.2) is 0 Å². The number of hydrogen-bond acceptors (Lipinski definition) is 3. The summed E-state index contributed by atoms with van der Waals surface area (Å²) in [7, 11) is 0. The zero-order valence-electron chi connectivity index (χ0n) is 12.4. The van der Waals surface area contributed by atoms with Crippen LogP contribution in [0.2, 0.25) is 0 Å². The third-order valence-electron chi connectivity index (χ3n) is 4.53. The molecule has 0 atom stereocenters. The van der Waals surface area contributed by atoms with Gasteiger partial charge in [-0.3, -0.25) is 0 Å². The second-order valence-electron chi connectivity index (χ2n) is 6.01. The third kappa shape index (κ3) is 2.34. The van der Waals surface area contributed by atoms with Crippen molar-refractivity contribution in [2.24, 2.45) is 5.73 Å². The molecule has 1 aliphatic rings. The molecular formula is C16H24N4. The monoisotopic (exact) mass is 272 g/mol. The molecule has 0 aromatic carbocycles. The highest BCUT2D eigenvalue weighted by Crippen LogP contribution is 2.29. The summed E-state index contributed by atoms with van der Waals surface area (Å²) in [4.78, 5) is 7.24. The van der Waals surface area contributed by atoms with E-state index >= 15 is 0 Å². The zero-order valence-corrected chi connectivity index (χ0v) is 12.4. The molecule has 0 radical (unpaired) electrons. The van der Waals surface area contributed by atoms with Crippen LogP contribution in [-0.2, 0) is 6.54 Å². The summed E-state index contributed by atoms with van der Waals surface area (Å²) < 4.78 is 2.23. The average Bonchev–Trinajstić information content (AvgIpc) is 2.91. The fourth-order valence-corrected chi connectivity index (χ4v) is 3.25. The number of nitrogens with two attached hydrogens (primary N) is 1. The van der Waals surface area contributed by atoms with Gasteiger partial charge in [-0.1, -0.05) is 6.07 Å². The van der Waals surface area contributed by atoms with Crippen molar-refractivity contribution in [1.29, 1.82) is 0 Å². The molecule has 3 rings (SSSR count). The molecule has 2 aromatic heterocycles. The number of hydrogen-bond donors (Lipinski definition) is 1. The maximum atomic E-state index is 5.81.